The predicted molar refractivity (Wildman–Crippen MR) is 92.9 cm³/mol. The van der Waals surface area contributed by atoms with Gasteiger partial charge < -0.3 is 9.84 Å². The van der Waals surface area contributed by atoms with Crippen LogP contribution in [0.5, 0.6) is 0 Å². The molecular formula is C20H30O3. The second-order valence-corrected chi connectivity index (χ2v) is 7.59. The Morgan fingerprint density at radius 3 is 2.83 bits per heavy atom. The lowest BCUT2D eigenvalue weighted by atomic mass is 9.87. The van der Waals surface area contributed by atoms with E-state index in [1.165, 1.54) is 5.57 Å². The Kier molecular flexibility index (Phi) is 5.85. The zero-order valence-corrected chi connectivity index (χ0v) is 14.8. The number of rotatable bonds is 1. The summed E-state index contributed by atoms with van der Waals surface area (Å²) in [5.41, 5.74) is 1.24. The van der Waals surface area contributed by atoms with Crippen LogP contribution in [0.3, 0.4) is 0 Å². The molecule has 0 aromatic heterocycles. The molecule has 3 heteroatoms. The Hall–Kier alpha value is -1.35. The van der Waals surface area contributed by atoms with Gasteiger partial charge in [-0.25, -0.2) is 4.79 Å². The first-order chi connectivity index (χ1) is 10.8. The second kappa shape index (κ2) is 7.48. The molecule has 0 amide bonds. The molecule has 0 saturated carbocycles. The number of aliphatic hydroxyl groups is 1. The number of hydrogen-bond acceptors (Lipinski definition) is 3. The van der Waals surface area contributed by atoms with Crippen LogP contribution in [-0.4, -0.2) is 22.8 Å². The van der Waals surface area contributed by atoms with Gasteiger partial charge in [0.05, 0.1) is 5.60 Å². The summed E-state index contributed by atoms with van der Waals surface area (Å²) in [6.07, 6.45) is 12.0. The van der Waals surface area contributed by atoms with Gasteiger partial charge in [0.25, 0.3) is 0 Å². The van der Waals surface area contributed by atoms with Gasteiger partial charge >= 0.3 is 5.97 Å². The fourth-order valence-electron chi connectivity index (χ4n) is 3.23. The minimum atomic E-state index is -0.779. The van der Waals surface area contributed by atoms with Gasteiger partial charge in [0.1, 0.15) is 6.10 Å². The van der Waals surface area contributed by atoms with Gasteiger partial charge in [-0.1, -0.05) is 37.6 Å². The molecular weight excluding hydrogens is 288 g/mol. The molecule has 0 fully saturated rings. The molecule has 1 aliphatic heterocycles. The minimum Gasteiger partial charge on any atom is -0.454 e. The lowest BCUT2D eigenvalue weighted by Gasteiger charge is -2.22. The minimum absolute atomic E-state index is 0.120. The van der Waals surface area contributed by atoms with Crippen molar-refractivity contribution in [1.82, 2.24) is 0 Å². The SMILES string of the molecule is CC1=CCC[C@](C)(O)C=C[C@H](C(C)C)CCC2=C[C@H](C1)OC2=O. The fourth-order valence-corrected chi connectivity index (χ4v) is 3.23. The normalized spacial score (nSPS) is 33.0. The highest BCUT2D eigenvalue weighted by molar-refractivity contribution is 5.90. The fraction of sp³-hybridized carbons (Fsp3) is 0.650. The van der Waals surface area contributed by atoms with Crippen LogP contribution in [0.4, 0.5) is 0 Å². The molecule has 0 saturated heterocycles. The second-order valence-electron chi connectivity index (χ2n) is 7.59. The van der Waals surface area contributed by atoms with Gasteiger partial charge in [0.15, 0.2) is 0 Å². The molecule has 1 N–H and O–H groups in total. The van der Waals surface area contributed by atoms with Gasteiger partial charge in [-0.2, -0.15) is 0 Å². The van der Waals surface area contributed by atoms with E-state index in [2.05, 4.69) is 32.9 Å². The first kappa shape index (κ1) is 18.0. The molecule has 0 radical (unpaired) electrons. The first-order valence-corrected chi connectivity index (χ1v) is 8.76. The molecule has 1 heterocycles. The van der Waals surface area contributed by atoms with Crippen molar-refractivity contribution >= 4 is 5.97 Å². The van der Waals surface area contributed by atoms with E-state index in [0.29, 0.717) is 18.3 Å². The standard InChI is InChI=1S/C20H30O3/c1-14(2)16-7-8-17-13-18(23-19(17)21)12-15(3)6-5-10-20(4,22)11-9-16/h6,9,11,13-14,16,18,22H,5,7-8,10,12H2,1-4H3/t16-,18+,20+/m1/s1. The maximum Gasteiger partial charge on any atom is 0.334 e. The molecule has 0 aromatic rings. The molecule has 0 spiro atoms. The summed E-state index contributed by atoms with van der Waals surface area (Å²) >= 11 is 0. The van der Waals surface area contributed by atoms with E-state index in [4.69, 9.17) is 4.74 Å². The molecule has 0 aromatic carbocycles. The maximum atomic E-state index is 12.0. The van der Waals surface area contributed by atoms with Gasteiger partial charge in [0, 0.05) is 12.0 Å². The molecule has 0 unspecified atom stereocenters. The van der Waals surface area contributed by atoms with Gasteiger partial charge in [0.2, 0.25) is 0 Å². The van der Waals surface area contributed by atoms with Gasteiger partial charge in [-0.15, -0.1) is 0 Å². The summed E-state index contributed by atoms with van der Waals surface area (Å²) in [5.74, 6) is 0.677. The van der Waals surface area contributed by atoms with E-state index in [1.807, 2.05) is 19.1 Å². The van der Waals surface area contributed by atoms with E-state index in [0.717, 1.165) is 31.3 Å². The number of fused-ring (bicyclic) bond motifs is 1. The zero-order valence-electron chi connectivity index (χ0n) is 14.8. The quantitative estimate of drug-likeness (QED) is 0.578. The molecule has 3 nitrogen and oxygen atoms in total. The number of esters is 1. The number of ether oxygens (including phenoxy) is 1. The average Bonchev–Trinajstić information content (AvgIpc) is 2.77. The number of allylic oxidation sites excluding steroid dienone is 2. The van der Waals surface area contributed by atoms with E-state index in [1.54, 1.807) is 0 Å². The highest BCUT2D eigenvalue weighted by Crippen LogP contribution is 2.29. The van der Waals surface area contributed by atoms with Crippen LogP contribution >= 0.6 is 0 Å². The Morgan fingerprint density at radius 1 is 1.39 bits per heavy atom. The van der Waals surface area contributed by atoms with Crippen LogP contribution in [0.1, 0.15) is 59.8 Å². The third kappa shape index (κ3) is 5.35. The van der Waals surface area contributed by atoms with Crippen molar-refractivity contribution in [2.45, 2.75) is 71.5 Å². The predicted octanol–water partition coefficient (Wildman–Crippen LogP) is 4.33. The van der Waals surface area contributed by atoms with Crippen LogP contribution in [-0.2, 0) is 9.53 Å². The first-order valence-electron chi connectivity index (χ1n) is 8.76. The maximum absolute atomic E-state index is 12.0. The molecule has 2 rings (SSSR count). The van der Waals surface area contributed by atoms with E-state index in [-0.39, 0.29) is 12.1 Å². The Balaban J connectivity index is 2.22. The Bertz CT molecular complexity index is 523. The topological polar surface area (TPSA) is 46.5 Å². The van der Waals surface area contributed by atoms with Crippen molar-refractivity contribution in [3.8, 4) is 0 Å². The van der Waals surface area contributed by atoms with Crippen molar-refractivity contribution < 1.29 is 14.6 Å². The van der Waals surface area contributed by atoms with Crippen LogP contribution < -0.4 is 0 Å². The molecule has 2 aliphatic rings. The number of carbonyl (C=O) groups excluding carboxylic acids is 1. The molecule has 23 heavy (non-hydrogen) atoms. The summed E-state index contributed by atoms with van der Waals surface area (Å²) < 4.78 is 5.47. The van der Waals surface area contributed by atoms with Crippen molar-refractivity contribution in [2.75, 3.05) is 0 Å². The average molecular weight is 318 g/mol. The Morgan fingerprint density at radius 2 is 2.13 bits per heavy atom. The molecule has 2 bridgehead atoms. The third-order valence-corrected chi connectivity index (χ3v) is 4.88. The highest BCUT2D eigenvalue weighted by Gasteiger charge is 2.26. The van der Waals surface area contributed by atoms with Crippen molar-refractivity contribution in [3.63, 3.8) is 0 Å². The van der Waals surface area contributed by atoms with Crippen molar-refractivity contribution in [1.29, 1.82) is 0 Å². The van der Waals surface area contributed by atoms with Crippen LogP contribution in [0.15, 0.2) is 35.5 Å². The van der Waals surface area contributed by atoms with E-state index >= 15 is 0 Å². The lowest BCUT2D eigenvalue weighted by molar-refractivity contribution is -0.139. The Labute approximate surface area is 140 Å². The van der Waals surface area contributed by atoms with Crippen LogP contribution in [0, 0.1) is 11.8 Å². The molecule has 3 atom stereocenters. The third-order valence-electron chi connectivity index (χ3n) is 4.88. The number of hydrogen-bond donors (Lipinski definition) is 1. The highest BCUT2D eigenvalue weighted by atomic mass is 16.5. The summed E-state index contributed by atoms with van der Waals surface area (Å²) in [4.78, 5) is 12.0. The van der Waals surface area contributed by atoms with Crippen LogP contribution in [0.2, 0.25) is 0 Å². The monoisotopic (exact) mass is 318 g/mol. The van der Waals surface area contributed by atoms with Crippen LogP contribution in [0.25, 0.3) is 0 Å². The lowest BCUT2D eigenvalue weighted by Crippen LogP contribution is -2.21. The van der Waals surface area contributed by atoms with Crippen molar-refractivity contribution in [2.24, 2.45) is 11.8 Å². The van der Waals surface area contributed by atoms with Gasteiger partial charge in [-0.3, -0.25) is 0 Å². The van der Waals surface area contributed by atoms with E-state index < -0.39 is 5.60 Å². The summed E-state index contributed by atoms with van der Waals surface area (Å²) in [6, 6.07) is 0. The number of carbonyl (C=O) groups is 1. The van der Waals surface area contributed by atoms with Gasteiger partial charge in [-0.05, 0) is 57.4 Å². The summed E-state index contributed by atoms with van der Waals surface area (Å²) in [6.45, 7) is 8.30. The summed E-state index contributed by atoms with van der Waals surface area (Å²) in [7, 11) is 0. The molecule has 128 valence electrons. The smallest absolute Gasteiger partial charge is 0.334 e. The van der Waals surface area contributed by atoms with Crippen molar-refractivity contribution in [3.05, 3.63) is 35.5 Å². The zero-order chi connectivity index (χ0) is 17.0. The molecule has 1 aliphatic carbocycles. The summed E-state index contributed by atoms with van der Waals surface area (Å²) in [5, 5.41) is 10.5. The largest absolute Gasteiger partial charge is 0.454 e. The van der Waals surface area contributed by atoms with E-state index in [9.17, 15) is 9.90 Å².